The highest BCUT2D eigenvalue weighted by molar-refractivity contribution is 6.30. The predicted molar refractivity (Wildman–Crippen MR) is 98.5 cm³/mol. The molecular weight excluding hydrogens is 373 g/mol. The van der Waals surface area contributed by atoms with Gasteiger partial charge in [-0.2, -0.15) is 4.68 Å². The number of aromatic nitrogens is 4. The zero-order chi connectivity index (χ0) is 19.2. The summed E-state index contributed by atoms with van der Waals surface area (Å²) in [4.78, 5) is 11.8. The number of aromatic amines is 1. The Hall–Kier alpha value is -2.81. The van der Waals surface area contributed by atoms with Crippen molar-refractivity contribution in [3.05, 3.63) is 81.1 Å². The standard InChI is InChI=1S/C18H17ClFN5O2/c1-12-4-2-5-17(25-18(26)22-23-24-25)14(12)11-27-9-3-8-21-13-6-7-15(19)16(20)10-13/h2-8,10,21H,9,11H2,1H3,(H,22,24,26)/p+1. The molecule has 1 heterocycles. The van der Waals surface area contributed by atoms with Crippen LogP contribution in [0.5, 0.6) is 0 Å². The maximum Gasteiger partial charge on any atom is 0.365 e. The van der Waals surface area contributed by atoms with E-state index in [1.807, 2.05) is 25.1 Å². The van der Waals surface area contributed by atoms with Gasteiger partial charge in [0, 0.05) is 17.7 Å². The van der Waals surface area contributed by atoms with Crippen molar-refractivity contribution < 1.29 is 14.4 Å². The van der Waals surface area contributed by atoms with Crippen molar-refractivity contribution in [1.29, 1.82) is 0 Å². The number of H-pyrrole nitrogens is 1. The third-order valence-electron chi connectivity index (χ3n) is 3.91. The number of hydrogen-bond acceptors (Lipinski definition) is 4. The van der Waals surface area contributed by atoms with Gasteiger partial charge in [-0.1, -0.05) is 23.7 Å². The molecule has 0 fully saturated rings. The molecule has 0 spiro atoms. The minimum Gasteiger partial charge on any atom is -0.372 e. The molecule has 9 heteroatoms. The van der Waals surface area contributed by atoms with Crippen LogP contribution in [0, 0.1) is 12.7 Å². The van der Waals surface area contributed by atoms with Gasteiger partial charge < -0.3 is 4.74 Å². The number of ether oxygens (including phenoxy) is 1. The number of rotatable bonds is 7. The molecule has 0 saturated carbocycles. The van der Waals surface area contributed by atoms with Crippen LogP contribution in [-0.2, 0) is 11.3 Å². The van der Waals surface area contributed by atoms with E-state index in [0.717, 1.165) is 11.1 Å². The highest BCUT2D eigenvalue weighted by Gasteiger charge is 2.11. The summed E-state index contributed by atoms with van der Waals surface area (Å²) in [5, 5.41) is 11.4. The first-order chi connectivity index (χ1) is 13.1. The molecule has 3 aromatic rings. The van der Waals surface area contributed by atoms with E-state index in [0.29, 0.717) is 24.6 Å². The number of tetrazole rings is 1. The minimum atomic E-state index is -0.453. The molecule has 2 aromatic carbocycles. The molecular formula is C18H18ClFN5O2+. The highest BCUT2D eigenvalue weighted by Crippen LogP contribution is 2.18. The Bertz CT molecular complexity index is 1010. The van der Waals surface area contributed by atoms with Gasteiger partial charge in [0.15, 0.2) is 0 Å². The van der Waals surface area contributed by atoms with E-state index in [2.05, 4.69) is 15.5 Å². The fraction of sp³-hybridized carbons (Fsp3) is 0.167. The third-order valence-corrected chi connectivity index (χ3v) is 4.22. The zero-order valence-electron chi connectivity index (χ0n) is 14.5. The summed E-state index contributed by atoms with van der Waals surface area (Å²) in [5.41, 5.74) is 2.76. The molecule has 0 amide bonds. The van der Waals surface area contributed by atoms with E-state index in [9.17, 15) is 9.18 Å². The molecule has 0 aliphatic heterocycles. The monoisotopic (exact) mass is 390 g/mol. The van der Waals surface area contributed by atoms with Gasteiger partial charge in [0.1, 0.15) is 11.5 Å². The lowest BCUT2D eigenvalue weighted by molar-refractivity contribution is -0.496. The summed E-state index contributed by atoms with van der Waals surface area (Å²) in [6, 6.07) is 10.2. The van der Waals surface area contributed by atoms with Crippen LogP contribution in [0.1, 0.15) is 11.1 Å². The third kappa shape index (κ3) is 4.68. The number of hydrogen-bond donors (Lipinski definition) is 2. The molecule has 27 heavy (non-hydrogen) atoms. The van der Waals surface area contributed by atoms with Crippen molar-refractivity contribution in [3.8, 4) is 5.69 Å². The average molecular weight is 391 g/mol. The Morgan fingerprint density at radius 2 is 2.22 bits per heavy atom. The van der Waals surface area contributed by atoms with Crippen molar-refractivity contribution >= 4 is 17.3 Å². The van der Waals surface area contributed by atoms with E-state index >= 15 is 0 Å². The zero-order valence-corrected chi connectivity index (χ0v) is 15.3. The van der Waals surface area contributed by atoms with Crippen molar-refractivity contribution in [3.63, 3.8) is 0 Å². The summed E-state index contributed by atoms with van der Waals surface area (Å²) in [6.07, 6.45) is 3.59. The van der Waals surface area contributed by atoms with Crippen LogP contribution in [0.3, 0.4) is 0 Å². The van der Waals surface area contributed by atoms with Gasteiger partial charge in [-0.05, 0) is 41.1 Å². The molecule has 1 aromatic heterocycles. The Morgan fingerprint density at radius 3 is 2.96 bits per heavy atom. The van der Waals surface area contributed by atoms with Crippen LogP contribution in [0.15, 0.2) is 53.5 Å². The number of halogens is 2. The number of aryl methyl sites for hydroxylation is 1. The smallest absolute Gasteiger partial charge is 0.365 e. The maximum absolute atomic E-state index is 13.4. The molecule has 7 nitrogen and oxygen atoms in total. The Kier molecular flexibility index (Phi) is 6.12. The van der Waals surface area contributed by atoms with Gasteiger partial charge in [0.05, 0.1) is 30.1 Å². The quantitative estimate of drug-likeness (QED) is 0.477. The normalized spacial score (nSPS) is 11.4. The number of nitrogens with zero attached hydrogens (tertiary/aromatic N) is 3. The van der Waals surface area contributed by atoms with Crippen LogP contribution in [0.25, 0.3) is 5.69 Å². The molecule has 3 rings (SSSR count). The Balaban J connectivity index is 1.59. The SMILES string of the molecule is Cc1cccc(-n2nn[nH]c2=O)c1COCC=C[NH2+]c1ccc(Cl)c(F)c1. The van der Waals surface area contributed by atoms with E-state index in [4.69, 9.17) is 16.3 Å². The lowest BCUT2D eigenvalue weighted by Gasteiger charge is -2.11. The first kappa shape index (κ1) is 19.0. The minimum absolute atomic E-state index is 0.0970. The fourth-order valence-corrected chi connectivity index (χ4v) is 2.63. The second-order valence-corrected chi connectivity index (χ2v) is 6.18. The van der Waals surface area contributed by atoms with E-state index in [1.165, 1.54) is 16.8 Å². The number of nitrogens with two attached hydrogens (primary N) is 1. The van der Waals surface area contributed by atoms with Crippen LogP contribution in [-0.4, -0.2) is 26.8 Å². The molecule has 0 atom stereocenters. The molecule has 0 aliphatic rings. The second-order valence-electron chi connectivity index (χ2n) is 5.77. The molecule has 0 aliphatic carbocycles. The summed E-state index contributed by atoms with van der Waals surface area (Å²) >= 11 is 5.66. The summed E-state index contributed by atoms with van der Waals surface area (Å²) in [6.45, 7) is 2.60. The summed E-state index contributed by atoms with van der Waals surface area (Å²) in [7, 11) is 0. The van der Waals surface area contributed by atoms with Crippen LogP contribution < -0.4 is 11.0 Å². The fourth-order valence-electron chi connectivity index (χ4n) is 2.51. The van der Waals surface area contributed by atoms with Crippen LogP contribution >= 0.6 is 11.6 Å². The molecule has 3 N–H and O–H groups in total. The van der Waals surface area contributed by atoms with E-state index in [1.54, 1.807) is 23.6 Å². The number of nitrogens with one attached hydrogen (secondary N) is 1. The van der Waals surface area contributed by atoms with E-state index < -0.39 is 11.5 Å². The van der Waals surface area contributed by atoms with Gasteiger partial charge in [-0.25, -0.2) is 14.3 Å². The largest absolute Gasteiger partial charge is 0.372 e. The number of benzene rings is 2. The van der Waals surface area contributed by atoms with Crippen molar-refractivity contribution in [2.45, 2.75) is 13.5 Å². The van der Waals surface area contributed by atoms with Gasteiger partial charge >= 0.3 is 5.69 Å². The van der Waals surface area contributed by atoms with E-state index in [-0.39, 0.29) is 5.02 Å². The Morgan fingerprint density at radius 1 is 1.37 bits per heavy atom. The molecule has 140 valence electrons. The maximum atomic E-state index is 13.4. The molecule has 0 saturated heterocycles. The molecule has 0 bridgehead atoms. The Labute approximate surface area is 159 Å². The van der Waals surface area contributed by atoms with Gasteiger partial charge in [0.25, 0.3) is 0 Å². The van der Waals surface area contributed by atoms with Gasteiger partial charge in [-0.3, -0.25) is 5.32 Å². The van der Waals surface area contributed by atoms with Gasteiger partial charge in [-0.15, -0.1) is 0 Å². The molecule has 0 radical (unpaired) electrons. The topological polar surface area (TPSA) is 89.4 Å². The number of quaternary nitrogens is 1. The predicted octanol–water partition coefficient (Wildman–Crippen LogP) is 1.98. The average Bonchev–Trinajstić information content (AvgIpc) is 3.07. The van der Waals surface area contributed by atoms with Crippen LogP contribution in [0.4, 0.5) is 10.1 Å². The lowest BCUT2D eigenvalue weighted by Crippen LogP contribution is -2.71. The van der Waals surface area contributed by atoms with Crippen molar-refractivity contribution in [2.75, 3.05) is 6.61 Å². The first-order valence-electron chi connectivity index (χ1n) is 8.18. The van der Waals surface area contributed by atoms with Crippen molar-refractivity contribution in [1.82, 2.24) is 20.2 Å². The summed E-state index contributed by atoms with van der Waals surface area (Å²) < 4.78 is 20.3. The summed E-state index contributed by atoms with van der Waals surface area (Å²) in [5.74, 6) is -0.453. The van der Waals surface area contributed by atoms with Crippen LogP contribution in [0.2, 0.25) is 5.02 Å². The highest BCUT2D eigenvalue weighted by atomic mass is 35.5. The molecule has 0 unspecified atom stereocenters. The van der Waals surface area contributed by atoms with Crippen molar-refractivity contribution in [2.24, 2.45) is 0 Å². The van der Waals surface area contributed by atoms with Gasteiger partial charge in [0.2, 0.25) is 0 Å². The lowest BCUT2D eigenvalue weighted by atomic mass is 10.1. The first-order valence-corrected chi connectivity index (χ1v) is 8.56. The second kappa shape index (κ2) is 8.72.